The molecule has 5 heteroatoms. The molecule has 0 aliphatic carbocycles. The van der Waals surface area contributed by atoms with Crippen molar-refractivity contribution < 1.29 is 9.90 Å². The standard InChI is InChI=1S/C10H9ClN2O2/c1-13(5-4-12)10(15)8-3-2-7(11)6-9(8)14/h2-3,6,14H,5H2,1H3. The fraction of sp³-hybridized carbons (Fsp3) is 0.200. The number of hydrogen-bond acceptors (Lipinski definition) is 3. The number of aromatic hydroxyl groups is 1. The number of phenolic OH excluding ortho intramolecular Hbond substituents is 1. The number of benzene rings is 1. The number of nitrogens with zero attached hydrogens (tertiary/aromatic N) is 2. The molecule has 15 heavy (non-hydrogen) atoms. The van der Waals surface area contributed by atoms with E-state index in [1.54, 1.807) is 0 Å². The molecule has 0 bridgehead atoms. The molecular weight excluding hydrogens is 216 g/mol. The van der Waals surface area contributed by atoms with Crippen LogP contribution in [0.4, 0.5) is 0 Å². The van der Waals surface area contributed by atoms with Gasteiger partial charge in [-0.15, -0.1) is 0 Å². The lowest BCUT2D eigenvalue weighted by Crippen LogP contribution is -2.26. The van der Waals surface area contributed by atoms with Crippen LogP contribution in [-0.2, 0) is 0 Å². The molecule has 0 aromatic heterocycles. The maximum atomic E-state index is 11.6. The lowest BCUT2D eigenvalue weighted by atomic mass is 10.2. The van der Waals surface area contributed by atoms with Crippen molar-refractivity contribution in [1.29, 1.82) is 5.26 Å². The largest absolute Gasteiger partial charge is 0.507 e. The SMILES string of the molecule is CN(CC#N)C(=O)c1ccc(Cl)cc1O. The zero-order valence-corrected chi connectivity index (χ0v) is 8.82. The molecule has 4 nitrogen and oxygen atoms in total. The number of carbonyl (C=O) groups is 1. The van der Waals surface area contributed by atoms with Gasteiger partial charge in [-0.1, -0.05) is 11.6 Å². The highest BCUT2D eigenvalue weighted by Gasteiger charge is 2.15. The first kappa shape index (κ1) is 11.3. The second-order valence-corrected chi connectivity index (χ2v) is 3.42. The first-order valence-corrected chi connectivity index (χ1v) is 4.55. The third-order valence-electron chi connectivity index (χ3n) is 1.84. The Morgan fingerprint density at radius 2 is 2.33 bits per heavy atom. The van der Waals surface area contributed by atoms with E-state index in [2.05, 4.69) is 0 Å². The first-order valence-electron chi connectivity index (χ1n) is 4.17. The smallest absolute Gasteiger partial charge is 0.258 e. The highest BCUT2D eigenvalue weighted by Crippen LogP contribution is 2.22. The van der Waals surface area contributed by atoms with E-state index in [9.17, 15) is 9.90 Å². The van der Waals surface area contributed by atoms with E-state index in [-0.39, 0.29) is 17.9 Å². The molecule has 0 aliphatic heterocycles. The maximum Gasteiger partial charge on any atom is 0.258 e. The number of amides is 1. The molecule has 0 saturated carbocycles. The van der Waals surface area contributed by atoms with Gasteiger partial charge in [-0.05, 0) is 18.2 Å². The lowest BCUT2D eigenvalue weighted by molar-refractivity contribution is 0.0809. The summed E-state index contributed by atoms with van der Waals surface area (Å²) >= 11 is 5.63. The summed E-state index contributed by atoms with van der Waals surface area (Å²) < 4.78 is 0. The van der Waals surface area contributed by atoms with Crippen LogP contribution in [-0.4, -0.2) is 29.5 Å². The van der Waals surface area contributed by atoms with Crippen LogP contribution in [0.15, 0.2) is 18.2 Å². The number of nitriles is 1. The van der Waals surface area contributed by atoms with Gasteiger partial charge in [-0.2, -0.15) is 5.26 Å². The molecule has 78 valence electrons. The van der Waals surface area contributed by atoms with E-state index < -0.39 is 5.91 Å². The van der Waals surface area contributed by atoms with Crippen LogP contribution < -0.4 is 0 Å². The number of halogens is 1. The van der Waals surface area contributed by atoms with Crippen LogP contribution in [0.1, 0.15) is 10.4 Å². The number of rotatable bonds is 2. The van der Waals surface area contributed by atoms with Gasteiger partial charge in [0.25, 0.3) is 5.91 Å². The molecule has 1 rings (SSSR count). The molecule has 0 radical (unpaired) electrons. The molecule has 1 N–H and O–H groups in total. The maximum absolute atomic E-state index is 11.6. The summed E-state index contributed by atoms with van der Waals surface area (Å²) in [6, 6.07) is 6.07. The van der Waals surface area contributed by atoms with Gasteiger partial charge in [0, 0.05) is 12.1 Å². The molecule has 0 spiro atoms. The number of phenols is 1. The third-order valence-corrected chi connectivity index (χ3v) is 2.08. The summed E-state index contributed by atoms with van der Waals surface area (Å²) in [5.74, 6) is -0.594. The summed E-state index contributed by atoms with van der Waals surface area (Å²) in [5.41, 5.74) is 0.136. The van der Waals surface area contributed by atoms with Crippen molar-refractivity contribution in [3.63, 3.8) is 0 Å². The summed E-state index contributed by atoms with van der Waals surface area (Å²) in [4.78, 5) is 12.8. The third kappa shape index (κ3) is 2.61. The van der Waals surface area contributed by atoms with Gasteiger partial charge in [0.1, 0.15) is 12.3 Å². The molecule has 0 atom stereocenters. The van der Waals surface area contributed by atoms with Crippen LogP contribution >= 0.6 is 11.6 Å². The van der Waals surface area contributed by atoms with E-state index in [0.717, 1.165) is 0 Å². The highest BCUT2D eigenvalue weighted by molar-refractivity contribution is 6.30. The molecule has 0 unspecified atom stereocenters. The van der Waals surface area contributed by atoms with Gasteiger partial charge in [-0.3, -0.25) is 4.79 Å². The Kier molecular flexibility index (Phi) is 3.53. The van der Waals surface area contributed by atoms with Crippen molar-refractivity contribution >= 4 is 17.5 Å². The van der Waals surface area contributed by atoms with Crippen LogP contribution in [0.25, 0.3) is 0 Å². The topological polar surface area (TPSA) is 64.3 Å². The summed E-state index contributed by atoms with van der Waals surface area (Å²) in [5, 5.41) is 18.2. The number of carbonyl (C=O) groups excluding carboxylic acids is 1. The van der Waals surface area contributed by atoms with Crippen LogP contribution in [0.2, 0.25) is 5.02 Å². The average molecular weight is 225 g/mol. The molecular formula is C10H9ClN2O2. The summed E-state index contributed by atoms with van der Waals surface area (Å²) in [7, 11) is 1.49. The zero-order valence-electron chi connectivity index (χ0n) is 8.07. The predicted molar refractivity (Wildman–Crippen MR) is 55.7 cm³/mol. The van der Waals surface area contributed by atoms with E-state index in [1.165, 1.54) is 30.1 Å². The van der Waals surface area contributed by atoms with Crippen molar-refractivity contribution in [2.75, 3.05) is 13.6 Å². The Bertz CT molecular complexity index is 426. The van der Waals surface area contributed by atoms with Crippen molar-refractivity contribution in [3.05, 3.63) is 28.8 Å². The van der Waals surface area contributed by atoms with Crippen LogP contribution in [0, 0.1) is 11.3 Å². The Balaban J connectivity index is 2.97. The molecule has 0 heterocycles. The zero-order chi connectivity index (χ0) is 11.4. The number of hydrogen-bond donors (Lipinski definition) is 1. The second-order valence-electron chi connectivity index (χ2n) is 2.98. The van der Waals surface area contributed by atoms with E-state index in [0.29, 0.717) is 5.02 Å². The Morgan fingerprint density at radius 3 is 2.87 bits per heavy atom. The van der Waals surface area contributed by atoms with Crippen molar-refractivity contribution in [3.8, 4) is 11.8 Å². The van der Waals surface area contributed by atoms with Gasteiger partial charge in [0.05, 0.1) is 11.6 Å². The average Bonchev–Trinajstić information content (AvgIpc) is 2.17. The minimum absolute atomic E-state index is 0.0269. The van der Waals surface area contributed by atoms with Gasteiger partial charge in [0.2, 0.25) is 0 Å². The van der Waals surface area contributed by atoms with E-state index >= 15 is 0 Å². The van der Waals surface area contributed by atoms with Gasteiger partial charge < -0.3 is 10.0 Å². The summed E-state index contributed by atoms with van der Waals surface area (Å²) in [6.07, 6.45) is 0. The summed E-state index contributed by atoms with van der Waals surface area (Å²) in [6.45, 7) is -0.0269. The van der Waals surface area contributed by atoms with Crippen LogP contribution in [0.5, 0.6) is 5.75 Å². The van der Waals surface area contributed by atoms with Gasteiger partial charge in [-0.25, -0.2) is 0 Å². The molecule has 0 fully saturated rings. The quantitative estimate of drug-likeness (QED) is 0.777. The first-order chi connectivity index (χ1) is 7.06. The van der Waals surface area contributed by atoms with Gasteiger partial charge in [0.15, 0.2) is 0 Å². The molecule has 1 aromatic carbocycles. The van der Waals surface area contributed by atoms with Crippen molar-refractivity contribution in [1.82, 2.24) is 4.90 Å². The Morgan fingerprint density at radius 1 is 1.67 bits per heavy atom. The van der Waals surface area contributed by atoms with E-state index in [4.69, 9.17) is 16.9 Å². The fourth-order valence-corrected chi connectivity index (χ4v) is 1.24. The molecule has 0 aliphatic rings. The van der Waals surface area contributed by atoms with Gasteiger partial charge >= 0.3 is 0 Å². The highest BCUT2D eigenvalue weighted by atomic mass is 35.5. The van der Waals surface area contributed by atoms with Crippen molar-refractivity contribution in [2.45, 2.75) is 0 Å². The molecule has 0 saturated heterocycles. The normalized spacial score (nSPS) is 9.40. The molecule has 1 amide bonds. The lowest BCUT2D eigenvalue weighted by Gasteiger charge is -2.13. The second kappa shape index (κ2) is 4.67. The minimum atomic E-state index is -0.411. The minimum Gasteiger partial charge on any atom is -0.507 e. The van der Waals surface area contributed by atoms with Crippen molar-refractivity contribution in [2.24, 2.45) is 0 Å². The van der Waals surface area contributed by atoms with Crippen LogP contribution in [0.3, 0.4) is 0 Å². The Hall–Kier alpha value is -1.73. The molecule has 1 aromatic rings. The predicted octanol–water partition coefficient (Wildman–Crippen LogP) is 1.64. The Labute approximate surface area is 92.3 Å². The fourth-order valence-electron chi connectivity index (χ4n) is 1.07. The van der Waals surface area contributed by atoms with E-state index in [1.807, 2.05) is 6.07 Å². The monoisotopic (exact) mass is 224 g/mol.